The van der Waals surface area contributed by atoms with Gasteiger partial charge in [0.2, 0.25) is 5.13 Å². The molecule has 22 heavy (non-hydrogen) atoms. The summed E-state index contributed by atoms with van der Waals surface area (Å²) < 4.78 is 0. The second-order valence-electron chi connectivity index (χ2n) is 4.73. The van der Waals surface area contributed by atoms with Crippen molar-refractivity contribution in [3.05, 3.63) is 65.5 Å². The average Bonchev–Trinajstić information content (AvgIpc) is 3.03. The van der Waals surface area contributed by atoms with Crippen molar-refractivity contribution in [3.8, 4) is 17.0 Å². The predicted octanol–water partition coefficient (Wildman–Crippen LogP) is 4.35. The van der Waals surface area contributed by atoms with Gasteiger partial charge >= 0.3 is 0 Å². The van der Waals surface area contributed by atoms with Crippen LogP contribution < -0.4 is 5.43 Å². The number of hydrogen-bond acceptors (Lipinski definition) is 5. The zero-order valence-corrected chi connectivity index (χ0v) is 12.8. The number of nitrogens with one attached hydrogen (secondary N) is 1. The molecule has 4 nitrogen and oxygen atoms in total. The van der Waals surface area contributed by atoms with Crippen molar-refractivity contribution in [2.75, 3.05) is 5.43 Å². The van der Waals surface area contributed by atoms with Crippen molar-refractivity contribution in [2.45, 2.75) is 6.92 Å². The van der Waals surface area contributed by atoms with Crippen LogP contribution in [0.2, 0.25) is 0 Å². The Morgan fingerprint density at radius 2 is 1.82 bits per heavy atom. The normalized spacial score (nSPS) is 11.4. The second kappa shape index (κ2) is 6.41. The van der Waals surface area contributed by atoms with Gasteiger partial charge in [0.15, 0.2) is 0 Å². The van der Waals surface area contributed by atoms with E-state index in [1.807, 2.05) is 54.8 Å². The maximum Gasteiger partial charge on any atom is 0.203 e. The smallest absolute Gasteiger partial charge is 0.203 e. The third-order valence-corrected chi connectivity index (χ3v) is 3.93. The molecule has 0 aliphatic rings. The molecule has 0 spiro atoms. The van der Waals surface area contributed by atoms with E-state index in [1.165, 1.54) is 11.3 Å². The number of benzene rings is 2. The Morgan fingerprint density at radius 3 is 2.59 bits per heavy atom. The van der Waals surface area contributed by atoms with Crippen LogP contribution in [0.5, 0.6) is 5.75 Å². The summed E-state index contributed by atoms with van der Waals surface area (Å²) in [4.78, 5) is 4.51. The highest BCUT2D eigenvalue weighted by Crippen LogP contribution is 2.25. The van der Waals surface area contributed by atoms with E-state index in [-0.39, 0.29) is 5.75 Å². The number of aromatic hydroxyl groups is 1. The molecule has 1 heterocycles. The van der Waals surface area contributed by atoms with E-state index < -0.39 is 0 Å². The van der Waals surface area contributed by atoms with Gasteiger partial charge in [-0.15, -0.1) is 11.3 Å². The maximum absolute atomic E-state index is 9.81. The molecule has 0 bridgehead atoms. The Labute approximate surface area is 132 Å². The zero-order valence-electron chi connectivity index (χ0n) is 12.0. The molecule has 0 aliphatic carbocycles. The molecule has 1 aromatic heterocycles. The van der Waals surface area contributed by atoms with Gasteiger partial charge in [0.05, 0.1) is 11.4 Å². The van der Waals surface area contributed by atoms with Crippen molar-refractivity contribution in [1.82, 2.24) is 4.98 Å². The van der Waals surface area contributed by atoms with Gasteiger partial charge in [-0.2, -0.15) is 5.10 Å². The lowest BCUT2D eigenvalue weighted by atomic mass is 10.1. The van der Waals surface area contributed by atoms with Gasteiger partial charge in [0, 0.05) is 16.5 Å². The molecule has 5 heteroatoms. The quantitative estimate of drug-likeness (QED) is 0.556. The topological polar surface area (TPSA) is 57.5 Å². The van der Waals surface area contributed by atoms with Crippen LogP contribution in [0, 0.1) is 0 Å². The number of para-hydroxylation sites is 1. The molecule has 0 radical (unpaired) electrons. The first-order valence-electron chi connectivity index (χ1n) is 6.83. The summed E-state index contributed by atoms with van der Waals surface area (Å²) in [5.41, 5.74) is 6.35. The van der Waals surface area contributed by atoms with Crippen LogP contribution in [-0.4, -0.2) is 15.8 Å². The first-order chi connectivity index (χ1) is 10.7. The molecule has 0 amide bonds. The van der Waals surface area contributed by atoms with Crippen LogP contribution in [0.25, 0.3) is 11.3 Å². The van der Waals surface area contributed by atoms with Crippen molar-refractivity contribution < 1.29 is 5.11 Å². The number of rotatable bonds is 4. The number of anilines is 1. The van der Waals surface area contributed by atoms with Gasteiger partial charge < -0.3 is 5.11 Å². The fourth-order valence-electron chi connectivity index (χ4n) is 2.04. The number of aromatic nitrogens is 1. The summed E-state index contributed by atoms with van der Waals surface area (Å²) in [7, 11) is 0. The van der Waals surface area contributed by atoms with Gasteiger partial charge in [-0.1, -0.05) is 42.5 Å². The predicted molar refractivity (Wildman–Crippen MR) is 91.5 cm³/mol. The van der Waals surface area contributed by atoms with Crippen molar-refractivity contribution in [3.63, 3.8) is 0 Å². The molecule has 3 aromatic rings. The van der Waals surface area contributed by atoms with Gasteiger partial charge in [0.1, 0.15) is 5.75 Å². The molecule has 110 valence electrons. The summed E-state index contributed by atoms with van der Waals surface area (Å²) in [5, 5.41) is 16.8. The molecular formula is C17H15N3OS. The first kappa shape index (κ1) is 14.3. The van der Waals surface area contributed by atoms with Crippen LogP contribution in [0.1, 0.15) is 12.5 Å². The molecule has 0 aliphatic heterocycles. The van der Waals surface area contributed by atoms with Gasteiger partial charge in [-0.25, -0.2) is 4.98 Å². The number of phenolic OH excluding ortho intramolecular Hbond substituents is 1. The minimum absolute atomic E-state index is 0.217. The van der Waals surface area contributed by atoms with E-state index in [4.69, 9.17) is 0 Å². The molecule has 2 N–H and O–H groups in total. The van der Waals surface area contributed by atoms with Crippen LogP contribution >= 0.6 is 11.3 Å². The molecular weight excluding hydrogens is 294 g/mol. The summed E-state index contributed by atoms with van der Waals surface area (Å²) in [6, 6.07) is 17.1. The Bertz CT molecular complexity index is 796. The van der Waals surface area contributed by atoms with E-state index in [2.05, 4.69) is 15.5 Å². The Hall–Kier alpha value is -2.66. The molecule has 2 aromatic carbocycles. The molecule has 0 saturated carbocycles. The molecule has 0 unspecified atom stereocenters. The Balaban J connectivity index is 1.76. The Kier molecular flexibility index (Phi) is 4.16. The van der Waals surface area contributed by atoms with Gasteiger partial charge in [0.25, 0.3) is 0 Å². The van der Waals surface area contributed by atoms with E-state index in [0.717, 1.165) is 11.3 Å². The SMILES string of the molecule is C/C(=N/Nc1nc(-c2ccccc2)cs1)c1ccccc1O. The monoisotopic (exact) mass is 309 g/mol. The Morgan fingerprint density at radius 1 is 1.09 bits per heavy atom. The van der Waals surface area contributed by atoms with Crippen molar-refractivity contribution >= 4 is 22.2 Å². The third-order valence-electron chi connectivity index (χ3n) is 3.19. The van der Waals surface area contributed by atoms with E-state index in [0.29, 0.717) is 16.4 Å². The number of hydrogen-bond donors (Lipinski definition) is 2. The van der Waals surface area contributed by atoms with E-state index in [9.17, 15) is 5.11 Å². The van der Waals surface area contributed by atoms with Crippen molar-refractivity contribution in [1.29, 1.82) is 0 Å². The third kappa shape index (κ3) is 3.15. The average molecular weight is 309 g/mol. The number of thiazole rings is 1. The second-order valence-corrected chi connectivity index (χ2v) is 5.59. The minimum atomic E-state index is 0.217. The number of nitrogens with zero attached hydrogens (tertiary/aromatic N) is 2. The number of phenols is 1. The highest BCUT2D eigenvalue weighted by Gasteiger charge is 2.05. The summed E-state index contributed by atoms with van der Waals surface area (Å²) >= 11 is 1.49. The van der Waals surface area contributed by atoms with Crippen molar-refractivity contribution in [2.24, 2.45) is 5.10 Å². The fraction of sp³-hybridized carbons (Fsp3) is 0.0588. The van der Waals surface area contributed by atoms with Crippen LogP contribution in [0.15, 0.2) is 65.1 Å². The van der Waals surface area contributed by atoms with E-state index >= 15 is 0 Å². The summed E-state index contributed by atoms with van der Waals surface area (Å²) in [6.07, 6.45) is 0. The first-order valence-corrected chi connectivity index (χ1v) is 7.71. The standard InChI is InChI=1S/C17H15N3OS/c1-12(14-9-5-6-10-16(14)21)19-20-17-18-15(11-22-17)13-7-3-2-4-8-13/h2-11,21H,1H3,(H,18,20)/b19-12-. The maximum atomic E-state index is 9.81. The van der Waals surface area contributed by atoms with E-state index in [1.54, 1.807) is 12.1 Å². The lowest BCUT2D eigenvalue weighted by Crippen LogP contribution is -1.99. The van der Waals surface area contributed by atoms with Crippen LogP contribution in [0.4, 0.5) is 5.13 Å². The highest BCUT2D eigenvalue weighted by atomic mass is 32.1. The van der Waals surface area contributed by atoms with Gasteiger partial charge in [-0.3, -0.25) is 5.43 Å². The molecule has 3 rings (SSSR count). The van der Waals surface area contributed by atoms with Crippen LogP contribution in [0.3, 0.4) is 0 Å². The molecule has 0 atom stereocenters. The number of hydrazone groups is 1. The summed E-state index contributed by atoms with van der Waals surface area (Å²) in [5.74, 6) is 0.217. The lowest BCUT2D eigenvalue weighted by molar-refractivity contribution is 0.474. The zero-order chi connectivity index (χ0) is 15.4. The molecule has 0 fully saturated rings. The van der Waals surface area contributed by atoms with Gasteiger partial charge in [-0.05, 0) is 19.1 Å². The largest absolute Gasteiger partial charge is 0.507 e. The van der Waals surface area contributed by atoms with Crippen LogP contribution in [-0.2, 0) is 0 Å². The highest BCUT2D eigenvalue weighted by molar-refractivity contribution is 7.14. The molecule has 0 saturated heterocycles. The fourth-order valence-corrected chi connectivity index (χ4v) is 2.70. The lowest BCUT2D eigenvalue weighted by Gasteiger charge is -2.03. The minimum Gasteiger partial charge on any atom is -0.507 e. The summed E-state index contributed by atoms with van der Waals surface area (Å²) in [6.45, 7) is 1.84.